The van der Waals surface area contributed by atoms with Gasteiger partial charge < -0.3 is 0 Å². The van der Waals surface area contributed by atoms with Crippen molar-refractivity contribution in [2.45, 2.75) is 23.7 Å². The third-order valence-electron chi connectivity index (χ3n) is 2.85. The Hall–Kier alpha value is -0.190. The van der Waals surface area contributed by atoms with Crippen molar-refractivity contribution >= 4 is 31.5 Å². The fourth-order valence-electron chi connectivity index (χ4n) is 1.93. The molecule has 1 saturated heterocycles. The molecule has 0 bridgehead atoms. The molecule has 2 nitrogen and oxygen atoms in total. The van der Waals surface area contributed by atoms with Gasteiger partial charge in [0.05, 0.1) is 4.90 Å². The maximum Gasteiger partial charge on any atom is 0.261 e. The maximum absolute atomic E-state index is 11.1. The number of rotatable bonds is 2. The molecule has 1 fully saturated rings. The molecule has 0 unspecified atom stereocenters. The monoisotopic (exact) mass is 276 g/mol. The van der Waals surface area contributed by atoms with Crippen molar-refractivity contribution in [2.24, 2.45) is 0 Å². The fraction of sp³-hybridized carbons (Fsp3) is 0.455. The van der Waals surface area contributed by atoms with E-state index in [2.05, 4.69) is 0 Å². The van der Waals surface area contributed by atoms with E-state index in [0.29, 0.717) is 5.92 Å². The predicted octanol–water partition coefficient (Wildman–Crippen LogP) is 3.22. The fourth-order valence-corrected chi connectivity index (χ4v) is 3.81. The van der Waals surface area contributed by atoms with E-state index in [0.717, 1.165) is 0 Å². The first-order valence-electron chi connectivity index (χ1n) is 5.20. The van der Waals surface area contributed by atoms with Gasteiger partial charge in [0.15, 0.2) is 0 Å². The Balaban J connectivity index is 2.18. The van der Waals surface area contributed by atoms with Crippen molar-refractivity contribution in [3.63, 3.8) is 0 Å². The summed E-state index contributed by atoms with van der Waals surface area (Å²) >= 11 is 1.98. The van der Waals surface area contributed by atoms with Crippen LogP contribution in [0.4, 0.5) is 0 Å². The van der Waals surface area contributed by atoms with E-state index in [1.54, 1.807) is 12.1 Å². The minimum absolute atomic E-state index is 0.183. The molecular weight excluding hydrogens is 264 g/mol. The molecule has 1 aliphatic rings. The summed E-state index contributed by atoms with van der Waals surface area (Å²) in [6, 6.07) is 6.96. The Morgan fingerprint density at radius 3 is 2.19 bits per heavy atom. The molecule has 0 N–H and O–H groups in total. The van der Waals surface area contributed by atoms with Gasteiger partial charge in [-0.25, -0.2) is 8.42 Å². The van der Waals surface area contributed by atoms with E-state index in [1.165, 1.54) is 29.9 Å². The third-order valence-corrected chi connectivity index (χ3v) is 5.27. The van der Waals surface area contributed by atoms with E-state index in [1.807, 2.05) is 23.9 Å². The average Bonchev–Trinajstić information content (AvgIpc) is 2.29. The molecule has 1 aromatic carbocycles. The van der Waals surface area contributed by atoms with Gasteiger partial charge in [-0.3, -0.25) is 0 Å². The number of hydrogen-bond acceptors (Lipinski definition) is 3. The van der Waals surface area contributed by atoms with Crippen molar-refractivity contribution in [3.8, 4) is 0 Å². The quantitative estimate of drug-likeness (QED) is 0.778. The van der Waals surface area contributed by atoms with Gasteiger partial charge in [-0.05, 0) is 48.0 Å². The zero-order valence-electron chi connectivity index (χ0n) is 8.73. The van der Waals surface area contributed by atoms with Crippen LogP contribution in [-0.4, -0.2) is 19.9 Å². The molecule has 0 aliphatic carbocycles. The first-order valence-corrected chi connectivity index (χ1v) is 8.66. The number of thioether (sulfide) groups is 1. The summed E-state index contributed by atoms with van der Waals surface area (Å²) in [5.74, 6) is 2.97. The summed E-state index contributed by atoms with van der Waals surface area (Å²) in [6.07, 6.45) is 2.36. The van der Waals surface area contributed by atoms with Gasteiger partial charge >= 0.3 is 0 Å². The molecule has 0 spiro atoms. The highest BCUT2D eigenvalue weighted by atomic mass is 35.7. The van der Waals surface area contributed by atoms with E-state index in [4.69, 9.17) is 10.7 Å². The summed E-state index contributed by atoms with van der Waals surface area (Å²) in [5, 5.41) is 0. The van der Waals surface area contributed by atoms with Crippen molar-refractivity contribution in [3.05, 3.63) is 29.8 Å². The summed E-state index contributed by atoms with van der Waals surface area (Å²) in [4.78, 5) is 0.183. The average molecular weight is 277 g/mol. The molecule has 1 heterocycles. The Labute approximate surface area is 105 Å². The van der Waals surface area contributed by atoms with Gasteiger partial charge in [-0.1, -0.05) is 12.1 Å². The number of benzene rings is 1. The molecular formula is C11H13ClO2S2. The van der Waals surface area contributed by atoms with Gasteiger partial charge in [0.2, 0.25) is 0 Å². The van der Waals surface area contributed by atoms with Gasteiger partial charge in [0.25, 0.3) is 9.05 Å². The molecule has 88 valence electrons. The molecule has 0 atom stereocenters. The van der Waals surface area contributed by atoms with Crippen LogP contribution in [0.5, 0.6) is 0 Å². The van der Waals surface area contributed by atoms with E-state index >= 15 is 0 Å². The van der Waals surface area contributed by atoms with Crippen LogP contribution in [0.1, 0.15) is 24.3 Å². The van der Waals surface area contributed by atoms with Gasteiger partial charge in [0.1, 0.15) is 0 Å². The summed E-state index contributed by atoms with van der Waals surface area (Å²) in [5.41, 5.74) is 1.23. The molecule has 0 radical (unpaired) electrons. The Morgan fingerprint density at radius 2 is 1.69 bits per heavy atom. The van der Waals surface area contributed by atoms with Crippen LogP contribution in [-0.2, 0) is 9.05 Å². The Morgan fingerprint density at radius 1 is 1.12 bits per heavy atom. The highest BCUT2D eigenvalue weighted by Crippen LogP contribution is 2.32. The minimum Gasteiger partial charge on any atom is -0.207 e. The first-order chi connectivity index (χ1) is 7.57. The summed E-state index contributed by atoms with van der Waals surface area (Å²) < 4.78 is 22.2. The molecule has 0 amide bonds. The predicted molar refractivity (Wildman–Crippen MR) is 68.8 cm³/mol. The Bertz CT molecular complexity index is 447. The van der Waals surface area contributed by atoms with Crippen molar-refractivity contribution in [1.29, 1.82) is 0 Å². The van der Waals surface area contributed by atoms with Crippen LogP contribution in [0, 0.1) is 0 Å². The van der Waals surface area contributed by atoms with Crippen molar-refractivity contribution in [2.75, 3.05) is 11.5 Å². The maximum atomic E-state index is 11.1. The summed E-state index contributed by atoms with van der Waals surface area (Å²) in [6.45, 7) is 0. The standard InChI is InChI=1S/C11H13ClO2S2/c12-16(13,14)11-3-1-9(2-4-11)10-5-7-15-8-6-10/h1-4,10H,5-8H2. The van der Waals surface area contributed by atoms with E-state index in [-0.39, 0.29) is 4.90 Å². The van der Waals surface area contributed by atoms with Crippen LogP contribution in [0.3, 0.4) is 0 Å². The van der Waals surface area contributed by atoms with E-state index < -0.39 is 9.05 Å². The van der Waals surface area contributed by atoms with Crippen LogP contribution in [0.15, 0.2) is 29.2 Å². The first kappa shape index (κ1) is 12.3. The number of halogens is 1. The highest BCUT2D eigenvalue weighted by Gasteiger charge is 2.16. The van der Waals surface area contributed by atoms with Crippen LogP contribution < -0.4 is 0 Å². The van der Waals surface area contributed by atoms with Crippen LogP contribution in [0.2, 0.25) is 0 Å². The number of hydrogen-bond donors (Lipinski definition) is 0. The SMILES string of the molecule is O=S(=O)(Cl)c1ccc(C2CCSCC2)cc1. The van der Waals surface area contributed by atoms with Gasteiger partial charge in [-0.15, -0.1) is 0 Å². The molecule has 16 heavy (non-hydrogen) atoms. The van der Waals surface area contributed by atoms with Gasteiger partial charge in [0, 0.05) is 10.7 Å². The second-order valence-electron chi connectivity index (χ2n) is 3.89. The topological polar surface area (TPSA) is 34.1 Å². The molecule has 0 aromatic heterocycles. The Kier molecular flexibility index (Phi) is 3.82. The normalized spacial score (nSPS) is 18.6. The lowest BCUT2D eigenvalue weighted by molar-refractivity contribution is 0.609. The second-order valence-corrected chi connectivity index (χ2v) is 7.68. The molecule has 1 aromatic rings. The summed E-state index contributed by atoms with van der Waals surface area (Å²) in [7, 11) is 1.68. The van der Waals surface area contributed by atoms with Gasteiger partial charge in [-0.2, -0.15) is 11.8 Å². The molecule has 0 saturated carbocycles. The molecule has 5 heteroatoms. The molecule has 1 aliphatic heterocycles. The lowest BCUT2D eigenvalue weighted by Gasteiger charge is -2.21. The minimum atomic E-state index is -3.58. The molecule has 2 rings (SSSR count). The van der Waals surface area contributed by atoms with Crippen molar-refractivity contribution < 1.29 is 8.42 Å². The van der Waals surface area contributed by atoms with Crippen LogP contribution >= 0.6 is 22.4 Å². The zero-order chi connectivity index (χ0) is 11.6. The van der Waals surface area contributed by atoms with Crippen molar-refractivity contribution in [1.82, 2.24) is 0 Å². The second kappa shape index (κ2) is 4.98. The van der Waals surface area contributed by atoms with Crippen LogP contribution in [0.25, 0.3) is 0 Å². The zero-order valence-corrected chi connectivity index (χ0v) is 11.1. The smallest absolute Gasteiger partial charge is 0.207 e. The highest BCUT2D eigenvalue weighted by molar-refractivity contribution is 8.13. The lowest BCUT2D eigenvalue weighted by atomic mass is 9.94. The van der Waals surface area contributed by atoms with E-state index in [9.17, 15) is 8.42 Å². The largest absolute Gasteiger partial charge is 0.261 e. The third kappa shape index (κ3) is 2.93. The lowest BCUT2D eigenvalue weighted by Crippen LogP contribution is -2.07.